The summed E-state index contributed by atoms with van der Waals surface area (Å²) in [6, 6.07) is 7.11. The highest BCUT2D eigenvalue weighted by molar-refractivity contribution is 5.96. The molecule has 1 aliphatic rings. The van der Waals surface area contributed by atoms with Crippen molar-refractivity contribution in [2.75, 3.05) is 19.8 Å². The predicted molar refractivity (Wildman–Crippen MR) is 70.0 cm³/mol. The number of para-hydroxylation sites is 1. The highest BCUT2D eigenvalue weighted by Gasteiger charge is 2.18. The number of hydrogen-bond donors (Lipinski definition) is 1. The van der Waals surface area contributed by atoms with Gasteiger partial charge < -0.3 is 9.47 Å². The van der Waals surface area contributed by atoms with Gasteiger partial charge in [-0.1, -0.05) is 12.1 Å². The molecule has 1 saturated heterocycles. The fourth-order valence-electron chi connectivity index (χ4n) is 1.93. The highest BCUT2D eigenvalue weighted by atomic mass is 16.6. The van der Waals surface area contributed by atoms with Gasteiger partial charge in [-0.25, -0.2) is 5.48 Å². The zero-order valence-electron chi connectivity index (χ0n) is 11.1. The van der Waals surface area contributed by atoms with E-state index in [-0.39, 0.29) is 12.0 Å². The number of rotatable bonds is 6. The van der Waals surface area contributed by atoms with Gasteiger partial charge in [-0.05, 0) is 31.9 Å². The second kappa shape index (κ2) is 7.11. The Morgan fingerprint density at radius 2 is 2.32 bits per heavy atom. The number of ether oxygens (including phenoxy) is 2. The minimum atomic E-state index is -0.301. The van der Waals surface area contributed by atoms with Crippen LogP contribution in [0.1, 0.15) is 30.1 Å². The molecule has 2 rings (SSSR count). The first-order valence-electron chi connectivity index (χ1n) is 6.57. The molecule has 1 aromatic rings. The summed E-state index contributed by atoms with van der Waals surface area (Å²) in [6.45, 7) is 3.49. The lowest BCUT2D eigenvalue weighted by Crippen LogP contribution is -2.25. The Hall–Kier alpha value is -1.59. The third kappa shape index (κ3) is 3.94. The zero-order valence-corrected chi connectivity index (χ0v) is 11.1. The van der Waals surface area contributed by atoms with Crippen LogP contribution in [-0.4, -0.2) is 31.8 Å². The number of hydroxylamine groups is 1. The molecule has 1 amide bonds. The minimum Gasteiger partial charge on any atom is -0.490 e. The molecule has 1 N–H and O–H groups in total. The van der Waals surface area contributed by atoms with Crippen molar-refractivity contribution in [1.82, 2.24) is 5.48 Å². The average Bonchev–Trinajstić information content (AvgIpc) is 2.96. The van der Waals surface area contributed by atoms with Crippen molar-refractivity contribution in [1.29, 1.82) is 0 Å². The molecular weight excluding hydrogens is 246 g/mol. The molecule has 0 saturated carbocycles. The van der Waals surface area contributed by atoms with E-state index < -0.39 is 0 Å². The summed E-state index contributed by atoms with van der Waals surface area (Å²) in [7, 11) is 0. The number of hydrogen-bond acceptors (Lipinski definition) is 4. The molecule has 1 aliphatic heterocycles. The molecule has 5 nitrogen and oxygen atoms in total. The molecule has 0 aliphatic carbocycles. The van der Waals surface area contributed by atoms with E-state index in [1.54, 1.807) is 25.1 Å². The third-order valence-electron chi connectivity index (χ3n) is 2.89. The summed E-state index contributed by atoms with van der Waals surface area (Å²) >= 11 is 0. The molecule has 104 valence electrons. The van der Waals surface area contributed by atoms with E-state index in [9.17, 15) is 4.79 Å². The average molecular weight is 265 g/mol. The zero-order chi connectivity index (χ0) is 13.5. The number of amides is 1. The predicted octanol–water partition coefficient (Wildman–Crippen LogP) is 1.93. The van der Waals surface area contributed by atoms with E-state index in [0.717, 1.165) is 19.4 Å². The minimum absolute atomic E-state index is 0.128. The van der Waals surface area contributed by atoms with Crippen LogP contribution in [0.4, 0.5) is 0 Å². The molecule has 1 fully saturated rings. The summed E-state index contributed by atoms with van der Waals surface area (Å²) in [5.41, 5.74) is 2.83. The van der Waals surface area contributed by atoms with Crippen molar-refractivity contribution in [3.63, 3.8) is 0 Å². The van der Waals surface area contributed by atoms with Crippen LogP contribution in [0.3, 0.4) is 0 Å². The van der Waals surface area contributed by atoms with E-state index in [1.165, 1.54) is 0 Å². The number of carbonyl (C=O) groups is 1. The largest absolute Gasteiger partial charge is 0.490 e. The van der Waals surface area contributed by atoms with Crippen LogP contribution in [0.25, 0.3) is 0 Å². The molecule has 19 heavy (non-hydrogen) atoms. The Balaban J connectivity index is 1.96. The molecule has 1 heterocycles. The molecular formula is C14H19NO4. The van der Waals surface area contributed by atoms with Crippen molar-refractivity contribution in [2.24, 2.45) is 0 Å². The summed E-state index contributed by atoms with van der Waals surface area (Å²) in [4.78, 5) is 16.8. The van der Waals surface area contributed by atoms with Gasteiger partial charge in [0.15, 0.2) is 0 Å². The second-order valence-corrected chi connectivity index (χ2v) is 4.31. The van der Waals surface area contributed by atoms with Gasteiger partial charge in [-0.3, -0.25) is 9.63 Å². The molecule has 1 atom stereocenters. The topological polar surface area (TPSA) is 56.8 Å². The summed E-state index contributed by atoms with van der Waals surface area (Å²) < 4.78 is 11.2. The maximum absolute atomic E-state index is 11.9. The van der Waals surface area contributed by atoms with E-state index >= 15 is 0 Å². The molecule has 0 spiro atoms. The second-order valence-electron chi connectivity index (χ2n) is 4.31. The number of nitrogens with one attached hydrogen (secondary N) is 1. The Labute approximate surface area is 112 Å². The Bertz CT molecular complexity index is 416. The van der Waals surface area contributed by atoms with Crippen LogP contribution < -0.4 is 10.2 Å². The van der Waals surface area contributed by atoms with Crippen LogP contribution in [0.2, 0.25) is 0 Å². The van der Waals surface area contributed by atoms with E-state index in [2.05, 4.69) is 5.48 Å². The molecule has 0 unspecified atom stereocenters. The smallest absolute Gasteiger partial charge is 0.278 e. The van der Waals surface area contributed by atoms with Gasteiger partial charge in [0.05, 0.1) is 18.3 Å². The summed E-state index contributed by atoms with van der Waals surface area (Å²) in [6.07, 6.45) is 2.20. The summed E-state index contributed by atoms with van der Waals surface area (Å²) in [5.74, 6) is 0.250. The van der Waals surface area contributed by atoms with Crippen LogP contribution in [0, 0.1) is 0 Å². The van der Waals surface area contributed by atoms with Crippen molar-refractivity contribution >= 4 is 5.91 Å². The van der Waals surface area contributed by atoms with Crippen LogP contribution in [0.15, 0.2) is 24.3 Å². The van der Waals surface area contributed by atoms with Crippen LogP contribution in [-0.2, 0) is 9.57 Å². The molecule has 0 bridgehead atoms. The Morgan fingerprint density at radius 1 is 1.47 bits per heavy atom. The van der Waals surface area contributed by atoms with Gasteiger partial charge in [0, 0.05) is 6.61 Å². The van der Waals surface area contributed by atoms with Crippen LogP contribution in [0.5, 0.6) is 5.75 Å². The van der Waals surface area contributed by atoms with Crippen molar-refractivity contribution in [3.05, 3.63) is 29.8 Å². The van der Waals surface area contributed by atoms with Gasteiger partial charge in [0.1, 0.15) is 12.4 Å². The maximum Gasteiger partial charge on any atom is 0.278 e. The van der Waals surface area contributed by atoms with E-state index in [0.29, 0.717) is 24.5 Å². The lowest BCUT2D eigenvalue weighted by atomic mass is 10.2. The number of carbonyl (C=O) groups excluding carboxylic acids is 1. The number of benzene rings is 1. The molecule has 5 heteroatoms. The fourth-order valence-corrected chi connectivity index (χ4v) is 1.93. The van der Waals surface area contributed by atoms with Gasteiger partial charge in [0.25, 0.3) is 5.91 Å². The first-order valence-corrected chi connectivity index (χ1v) is 6.57. The first-order chi connectivity index (χ1) is 9.31. The van der Waals surface area contributed by atoms with Crippen LogP contribution >= 0.6 is 0 Å². The van der Waals surface area contributed by atoms with Gasteiger partial charge in [-0.2, -0.15) is 0 Å². The third-order valence-corrected chi connectivity index (χ3v) is 2.89. The standard InChI is InChI=1S/C14H19NO4/c1-2-19-15-14(16)12-7-3-4-8-13(12)18-10-11-6-5-9-17-11/h3-4,7-8,11H,2,5-6,9-10H2,1H3,(H,15,16)/t11-/m1/s1. The Morgan fingerprint density at radius 3 is 3.05 bits per heavy atom. The summed E-state index contributed by atoms with van der Waals surface area (Å²) in [5, 5.41) is 0. The van der Waals surface area contributed by atoms with Gasteiger partial charge >= 0.3 is 0 Å². The Kier molecular flexibility index (Phi) is 5.18. The first kappa shape index (κ1) is 13.8. The normalized spacial score (nSPS) is 18.3. The molecule has 0 aromatic heterocycles. The quantitative estimate of drug-likeness (QED) is 0.798. The highest BCUT2D eigenvalue weighted by Crippen LogP contribution is 2.20. The fraction of sp³-hybridized carbons (Fsp3) is 0.500. The monoisotopic (exact) mass is 265 g/mol. The van der Waals surface area contributed by atoms with Crippen molar-refractivity contribution in [3.8, 4) is 5.75 Å². The molecule has 0 radical (unpaired) electrons. The van der Waals surface area contributed by atoms with Gasteiger partial charge in [0.2, 0.25) is 0 Å². The lowest BCUT2D eigenvalue weighted by molar-refractivity contribution is 0.0356. The lowest BCUT2D eigenvalue weighted by Gasteiger charge is -2.14. The maximum atomic E-state index is 11.9. The SMILES string of the molecule is CCONC(=O)c1ccccc1OC[C@H]1CCCO1. The molecule has 1 aromatic carbocycles. The van der Waals surface area contributed by atoms with Crippen molar-refractivity contribution < 1.29 is 19.1 Å². The van der Waals surface area contributed by atoms with E-state index in [4.69, 9.17) is 14.3 Å². The van der Waals surface area contributed by atoms with E-state index in [1.807, 2.05) is 6.07 Å². The van der Waals surface area contributed by atoms with Gasteiger partial charge in [-0.15, -0.1) is 0 Å². The van der Waals surface area contributed by atoms with Crippen molar-refractivity contribution in [2.45, 2.75) is 25.9 Å².